The lowest BCUT2D eigenvalue weighted by atomic mass is 10.2. The van der Waals surface area contributed by atoms with E-state index in [-0.39, 0.29) is 11.9 Å². The third kappa shape index (κ3) is 2.44. The van der Waals surface area contributed by atoms with Crippen molar-refractivity contribution in [1.29, 1.82) is 0 Å². The lowest BCUT2D eigenvalue weighted by Gasteiger charge is -2.22. The Kier molecular flexibility index (Phi) is 3.61. The summed E-state index contributed by atoms with van der Waals surface area (Å²) in [5.74, 6) is 0.158. The van der Waals surface area contributed by atoms with Gasteiger partial charge < -0.3 is 5.32 Å². The van der Waals surface area contributed by atoms with Crippen molar-refractivity contribution < 1.29 is 4.79 Å². The van der Waals surface area contributed by atoms with E-state index in [1.807, 2.05) is 11.3 Å². The van der Waals surface area contributed by atoms with Gasteiger partial charge in [0.2, 0.25) is 5.91 Å². The molecule has 0 unspecified atom stereocenters. The van der Waals surface area contributed by atoms with E-state index in [9.17, 15) is 4.79 Å². The first-order valence-electron chi connectivity index (χ1n) is 5.71. The average Bonchev–Trinajstić information content (AvgIpc) is 2.87. The van der Waals surface area contributed by atoms with Gasteiger partial charge in [-0.25, -0.2) is 0 Å². The number of hydrogen-bond acceptors (Lipinski definition) is 3. The quantitative estimate of drug-likeness (QED) is 0.870. The molecule has 1 saturated heterocycles. The zero-order valence-electron chi connectivity index (χ0n) is 9.82. The molecule has 1 atom stereocenters. The minimum absolute atomic E-state index is 0.0763. The van der Waals surface area contributed by atoms with Gasteiger partial charge in [-0.3, -0.25) is 9.69 Å². The van der Waals surface area contributed by atoms with Crippen LogP contribution >= 0.6 is 11.3 Å². The molecule has 1 aromatic heterocycles. The third-order valence-electron chi connectivity index (χ3n) is 3.07. The number of nitrogens with zero attached hydrogens (tertiary/aromatic N) is 1. The Labute approximate surface area is 100 Å². The van der Waals surface area contributed by atoms with E-state index in [0.717, 1.165) is 25.9 Å². The molecule has 3 nitrogen and oxygen atoms in total. The molecular formula is C12H18N2OS. The normalized spacial score (nSPS) is 21.2. The fourth-order valence-corrected chi connectivity index (χ4v) is 3.17. The van der Waals surface area contributed by atoms with Crippen molar-refractivity contribution in [2.24, 2.45) is 0 Å². The highest BCUT2D eigenvalue weighted by Gasteiger charge is 2.29. The molecule has 0 saturated carbocycles. The molecule has 2 rings (SSSR count). The molecule has 1 N–H and O–H groups in total. The highest BCUT2D eigenvalue weighted by molar-refractivity contribution is 7.11. The number of likely N-dealkylation sites (N-methyl/N-ethyl adjacent to an activating group) is 1. The van der Waals surface area contributed by atoms with Crippen LogP contribution in [0, 0.1) is 6.92 Å². The van der Waals surface area contributed by atoms with Crippen LogP contribution in [0.25, 0.3) is 0 Å². The molecule has 0 aromatic carbocycles. The van der Waals surface area contributed by atoms with Crippen molar-refractivity contribution in [2.45, 2.75) is 32.4 Å². The van der Waals surface area contributed by atoms with E-state index in [1.165, 1.54) is 9.75 Å². The Morgan fingerprint density at radius 1 is 1.62 bits per heavy atom. The SMILES string of the molecule is CNC(=O)[C@@H]1CCCN1Cc1ccc(C)s1. The lowest BCUT2D eigenvalue weighted by molar-refractivity contribution is -0.125. The van der Waals surface area contributed by atoms with Crippen LogP contribution in [0.15, 0.2) is 12.1 Å². The Hall–Kier alpha value is -0.870. The molecular weight excluding hydrogens is 220 g/mol. The second-order valence-electron chi connectivity index (χ2n) is 4.26. The van der Waals surface area contributed by atoms with Crippen LogP contribution in [0.4, 0.5) is 0 Å². The molecule has 0 bridgehead atoms. The van der Waals surface area contributed by atoms with Gasteiger partial charge in [0.25, 0.3) is 0 Å². The van der Waals surface area contributed by atoms with Crippen molar-refractivity contribution in [3.63, 3.8) is 0 Å². The number of nitrogens with one attached hydrogen (secondary N) is 1. The molecule has 1 fully saturated rings. The number of amides is 1. The standard InChI is InChI=1S/C12H18N2OS/c1-9-5-6-10(16-9)8-14-7-3-4-11(14)12(15)13-2/h5-6,11H,3-4,7-8H2,1-2H3,(H,13,15)/t11-/m0/s1. The van der Waals surface area contributed by atoms with Crippen LogP contribution in [-0.4, -0.2) is 30.4 Å². The Morgan fingerprint density at radius 3 is 3.06 bits per heavy atom. The monoisotopic (exact) mass is 238 g/mol. The van der Waals surface area contributed by atoms with Gasteiger partial charge in [-0.1, -0.05) is 0 Å². The van der Waals surface area contributed by atoms with E-state index >= 15 is 0 Å². The van der Waals surface area contributed by atoms with Crippen molar-refractivity contribution >= 4 is 17.2 Å². The zero-order chi connectivity index (χ0) is 11.5. The number of carbonyl (C=O) groups excluding carboxylic acids is 1. The molecule has 4 heteroatoms. The van der Waals surface area contributed by atoms with Crippen LogP contribution in [0.1, 0.15) is 22.6 Å². The van der Waals surface area contributed by atoms with Crippen LogP contribution in [0.3, 0.4) is 0 Å². The molecule has 16 heavy (non-hydrogen) atoms. The molecule has 1 aromatic rings. The predicted molar refractivity (Wildman–Crippen MR) is 66.6 cm³/mol. The zero-order valence-corrected chi connectivity index (χ0v) is 10.6. The highest BCUT2D eigenvalue weighted by Crippen LogP contribution is 2.23. The first-order valence-corrected chi connectivity index (χ1v) is 6.53. The first-order chi connectivity index (χ1) is 7.70. The molecule has 0 spiro atoms. The van der Waals surface area contributed by atoms with E-state index in [0.29, 0.717) is 0 Å². The van der Waals surface area contributed by atoms with Crippen molar-refractivity contribution in [1.82, 2.24) is 10.2 Å². The summed E-state index contributed by atoms with van der Waals surface area (Å²) in [6.07, 6.45) is 2.12. The van der Waals surface area contributed by atoms with Crippen molar-refractivity contribution in [3.05, 3.63) is 21.9 Å². The molecule has 2 heterocycles. The number of thiophene rings is 1. The molecule has 1 aliphatic heterocycles. The van der Waals surface area contributed by atoms with Crippen molar-refractivity contribution in [2.75, 3.05) is 13.6 Å². The first kappa shape index (κ1) is 11.6. The number of carbonyl (C=O) groups is 1. The van der Waals surface area contributed by atoms with E-state index in [4.69, 9.17) is 0 Å². The summed E-state index contributed by atoms with van der Waals surface area (Å²) in [5.41, 5.74) is 0. The minimum Gasteiger partial charge on any atom is -0.358 e. The summed E-state index contributed by atoms with van der Waals surface area (Å²) in [4.78, 5) is 16.6. The minimum atomic E-state index is 0.0763. The van der Waals surface area contributed by atoms with E-state index < -0.39 is 0 Å². The summed E-state index contributed by atoms with van der Waals surface area (Å²) in [6, 6.07) is 4.39. The van der Waals surface area contributed by atoms with Gasteiger partial charge in [0.05, 0.1) is 6.04 Å². The number of likely N-dealkylation sites (tertiary alicyclic amines) is 1. The Morgan fingerprint density at radius 2 is 2.44 bits per heavy atom. The topological polar surface area (TPSA) is 32.3 Å². The van der Waals surface area contributed by atoms with Crippen LogP contribution in [-0.2, 0) is 11.3 Å². The number of rotatable bonds is 3. The molecule has 0 radical (unpaired) electrons. The second kappa shape index (κ2) is 4.97. The third-order valence-corrected chi connectivity index (χ3v) is 4.05. The smallest absolute Gasteiger partial charge is 0.237 e. The van der Waals surface area contributed by atoms with Gasteiger partial charge >= 0.3 is 0 Å². The molecule has 88 valence electrons. The second-order valence-corrected chi connectivity index (χ2v) is 5.63. The van der Waals surface area contributed by atoms with Crippen LogP contribution in [0.5, 0.6) is 0 Å². The van der Waals surface area contributed by atoms with Gasteiger partial charge in [-0.2, -0.15) is 0 Å². The van der Waals surface area contributed by atoms with Crippen LogP contribution in [0.2, 0.25) is 0 Å². The van der Waals surface area contributed by atoms with E-state index in [2.05, 4.69) is 29.3 Å². The van der Waals surface area contributed by atoms with Gasteiger partial charge in [-0.15, -0.1) is 11.3 Å². The highest BCUT2D eigenvalue weighted by atomic mass is 32.1. The summed E-state index contributed by atoms with van der Waals surface area (Å²) < 4.78 is 0. The maximum Gasteiger partial charge on any atom is 0.237 e. The summed E-state index contributed by atoms with van der Waals surface area (Å²) in [5, 5.41) is 2.75. The van der Waals surface area contributed by atoms with Gasteiger partial charge in [0, 0.05) is 23.3 Å². The van der Waals surface area contributed by atoms with Gasteiger partial charge in [-0.05, 0) is 38.4 Å². The summed E-state index contributed by atoms with van der Waals surface area (Å²) >= 11 is 1.82. The predicted octanol–water partition coefficient (Wildman–Crippen LogP) is 1.77. The van der Waals surface area contributed by atoms with Crippen LogP contribution < -0.4 is 5.32 Å². The summed E-state index contributed by atoms with van der Waals surface area (Å²) in [7, 11) is 1.72. The maximum absolute atomic E-state index is 11.7. The Balaban J connectivity index is 2.01. The Bertz CT molecular complexity index is 375. The molecule has 1 amide bonds. The summed E-state index contributed by atoms with van der Waals surface area (Å²) in [6.45, 7) is 4.07. The maximum atomic E-state index is 11.7. The number of aryl methyl sites for hydroxylation is 1. The average molecular weight is 238 g/mol. The van der Waals surface area contributed by atoms with Crippen molar-refractivity contribution in [3.8, 4) is 0 Å². The van der Waals surface area contributed by atoms with Gasteiger partial charge in [0.15, 0.2) is 0 Å². The molecule has 0 aliphatic carbocycles. The largest absolute Gasteiger partial charge is 0.358 e. The lowest BCUT2D eigenvalue weighted by Crippen LogP contribution is -2.41. The van der Waals surface area contributed by atoms with E-state index in [1.54, 1.807) is 7.05 Å². The molecule has 1 aliphatic rings. The number of hydrogen-bond donors (Lipinski definition) is 1. The fraction of sp³-hybridized carbons (Fsp3) is 0.583. The van der Waals surface area contributed by atoms with Gasteiger partial charge in [0.1, 0.15) is 0 Å². The fourth-order valence-electron chi connectivity index (χ4n) is 2.25.